The minimum atomic E-state index is -0.443. The molecular formula is C16H13N3O. The number of aromatic nitrogens is 3. The van der Waals surface area contributed by atoms with Gasteiger partial charge in [-0.3, -0.25) is 0 Å². The van der Waals surface area contributed by atoms with Crippen LogP contribution in [0.25, 0.3) is 22.5 Å². The minimum absolute atomic E-state index is 0.443. The van der Waals surface area contributed by atoms with Gasteiger partial charge in [0.25, 0.3) is 0 Å². The molecule has 0 fully saturated rings. The Kier molecular flexibility index (Phi) is 3.13. The van der Waals surface area contributed by atoms with Crippen molar-refractivity contribution in [2.45, 2.75) is 6.92 Å². The van der Waals surface area contributed by atoms with Crippen molar-refractivity contribution in [2.75, 3.05) is 0 Å². The van der Waals surface area contributed by atoms with Crippen molar-refractivity contribution in [3.8, 4) is 22.5 Å². The number of rotatable bonds is 2. The van der Waals surface area contributed by atoms with Gasteiger partial charge in [-0.25, -0.2) is 9.89 Å². The summed E-state index contributed by atoms with van der Waals surface area (Å²) in [4.78, 5) is 15.6. The number of H-pyrrole nitrogens is 1. The van der Waals surface area contributed by atoms with Gasteiger partial charge >= 0.3 is 5.69 Å². The van der Waals surface area contributed by atoms with E-state index in [9.17, 15) is 4.79 Å². The lowest BCUT2D eigenvalue weighted by molar-refractivity contribution is 0.925. The molecule has 0 aliphatic carbocycles. The van der Waals surface area contributed by atoms with Gasteiger partial charge < -0.3 is 0 Å². The highest BCUT2D eigenvalue weighted by Crippen LogP contribution is 2.27. The van der Waals surface area contributed by atoms with Crippen molar-refractivity contribution in [1.82, 2.24) is 15.2 Å². The first kappa shape index (κ1) is 12.3. The summed E-state index contributed by atoms with van der Waals surface area (Å²) in [7, 11) is 0. The summed E-state index contributed by atoms with van der Waals surface area (Å²) in [5.74, 6) is 0. The fourth-order valence-electron chi connectivity index (χ4n) is 2.13. The van der Waals surface area contributed by atoms with Crippen LogP contribution in [0.4, 0.5) is 0 Å². The molecule has 0 aliphatic rings. The molecule has 0 atom stereocenters. The van der Waals surface area contributed by atoms with Crippen molar-refractivity contribution < 1.29 is 0 Å². The standard InChI is InChI=1S/C16H13N3O/c1-11-6-5-9-13(10-11)14-15(18-19-16(20)17-14)12-7-3-2-4-8-12/h2-10H,1H3,(H,17,19,20). The van der Waals surface area contributed by atoms with E-state index in [0.29, 0.717) is 11.4 Å². The Bertz CT molecular complexity index is 794. The third kappa shape index (κ3) is 2.36. The average molecular weight is 263 g/mol. The van der Waals surface area contributed by atoms with Gasteiger partial charge in [-0.1, -0.05) is 54.1 Å². The predicted molar refractivity (Wildman–Crippen MR) is 78.3 cm³/mol. The maximum atomic E-state index is 11.5. The fraction of sp³-hybridized carbons (Fsp3) is 0.0625. The lowest BCUT2D eigenvalue weighted by Gasteiger charge is -2.07. The zero-order chi connectivity index (χ0) is 13.9. The first-order valence-corrected chi connectivity index (χ1v) is 6.33. The lowest BCUT2D eigenvalue weighted by Crippen LogP contribution is -2.14. The zero-order valence-electron chi connectivity index (χ0n) is 11.0. The molecule has 0 saturated heterocycles. The summed E-state index contributed by atoms with van der Waals surface area (Å²) < 4.78 is 0. The van der Waals surface area contributed by atoms with Crippen LogP contribution in [0.3, 0.4) is 0 Å². The smallest absolute Gasteiger partial charge is 0.244 e. The maximum absolute atomic E-state index is 11.5. The van der Waals surface area contributed by atoms with Crippen molar-refractivity contribution in [2.24, 2.45) is 0 Å². The summed E-state index contributed by atoms with van der Waals surface area (Å²) in [6.07, 6.45) is 0. The Morgan fingerprint density at radius 2 is 1.65 bits per heavy atom. The largest absolute Gasteiger partial charge is 0.361 e. The number of nitrogens with zero attached hydrogens (tertiary/aromatic N) is 2. The molecule has 0 amide bonds. The number of aromatic amines is 1. The summed E-state index contributed by atoms with van der Waals surface area (Å²) in [6, 6.07) is 17.6. The maximum Gasteiger partial charge on any atom is 0.361 e. The molecule has 0 unspecified atom stereocenters. The molecule has 1 N–H and O–H groups in total. The van der Waals surface area contributed by atoms with E-state index in [1.807, 2.05) is 61.5 Å². The van der Waals surface area contributed by atoms with Gasteiger partial charge in [0.1, 0.15) is 11.4 Å². The number of nitrogens with one attached hydrogen (secondary N) is 1. The third-order valence-electron chi connectivity index (χ3n) is 3.04. The van der Waals surface area contributed by atoms with Crippen LogP contribution in [0.15, 0.2) is 59.4 Å². The Hall–Kier alpha value is -2.75. The van der Waals surface area contributed by atoms with Gasteiger partial charge in [0.05, 0.1) is 0 Å². The van der Waals surface area contributed by atoms with Crippen LogP contribution in [0.5, 0.6) is 0 Å². The molecule has 1 heterocycles. The molecule has 4 heteroatoms. The van der Waals surface area contributed by atoms with Gasteiger partial charge in [0.2, 0.25) is 0 Å². The molecule has 98 valence electrons. The second-order valence-corrected chi connectivity index (χ2v) is 4.57. The Labute approximate surface area is 116 Å². The summed E-state index contributed by atoms with van der Waals surface area (Å²) in [5.41, 5.74) is 3.76. The summed E-state index contributed by atoms with van der Waals surface area (Å²) in [5, 5.41) is 6.56. The van der Waals surface area contributed by atoms with Crippen LogP contribution in [0, 0.1) is 6.92 Å². The van der Waals surface area contributed by atoms with Crippen LogP contribution in [-0.2, 0) is 0 Å². The van der Waals surface area contributed by atoms with E-state index >= 15 is 0 Å². The highest BCUT2D eigenvalue weighted by Gasteiger charge is 2.11. The van der Waals surface area contributed by atoms with E-state index in [-0.39, 0.29) is 0 Å². The SMILES string of the molecule is Cc1cccc(-c2nc(=O)[nH]nc2-c2ccccc2)c1. The quantitative estimate of drug-likeness (QED) is 0.773. The van der Waals surface area contributed by atoms with Crippen LogP contribution >= 0.6 is 0 Å². The number of hydrogen-bond acceptors (Lipinski definition) is 3. The monoisotopic (exact) mass is 263 g/mol. The molecule has 4 nitrogen and oxygen atoms in total. The molecule has 2 aromatic carbocycles. The minimum Gasteiger partial charge on any atom is -0.244 e. The summed E-state index contributed by atoms with van der Waals surface area (Å²) >= 11 is 0. The Balaban J connectivity index is 2.25. The van der Waals surface area contributed by atoms with Crippen molar-refractivity contribution in [3.05, 3.63) is 70.6 Å². The molecule has 0 bridgehead atoms. The average Bonchev–Trinajstić information content (AvgIpc) is 2.48. The lowest BCUT2D eigenvalue weighted by atomic mass is 10.0. The summed E-state index contributed by atoms with van der Waals surface area (Å²) in [6.45, 7) is 2.01. The third-order valence-corrected chi connectivity index (χ3v) is 3.04. The number of benzene rings is 2. The first-order chi connectivity index (χ1) is 9.74. The van der Waals surface area contributed by atoms with E-state index in [0.717, 1.165) is 16.7 Å². The molecule has 0 radical (unpaired) electrons. The van der Waals surface area contributed by atoms with Crippen molar-refractivity contribution in [3.63, 3.8) is 0 Å². The highest BCUT2D eigenvalue weighted by atomic mass is 16.1. The van der Waals surface area contributed by atoms with Gasteiger partial charge in [-0.15, -0.1) is 0 Å². The molecular weight excluding hydrogens is 250 g/mol. The van der Waals surface area contributed by atoms with Gasteiger partial charge in [0.15, 0.2) is 0 Å². The number of hydrogen-bond donors (Lipinski definition) is 1. The second-order valence-electron chi connectivity index (χ2n) is 4.57. The van der Waals surface area contributed by atoms with E-state index in [4.69, 9.17) is 0 Å². The molecule has 0 spiro atoms. The van der Waals surface area contributed by atoms with Crippen molar-refractivity contribution >= 4 is 0 Å². The van der Waals surface area contributed by atoms with E-state index in [2.05, 4.69) is 15.2 Å². The molecule has 0 saturated carbocycles. The van der Waals surface area contributed by atoms with Crippen LogP contribution in [0.2, 0.25) is 0 Å². The van der Waals surface area contributed by atoms with E-state index in [1.165, 1.54) is 0 Å². The van der Waals surface area contributed by atoms with Crippen molar-refractivity contribution in [1.29, 1.82) is 0 Å². The highest BCUT2D eigenvalue weighted by molar-refractivity contribution is 5.77. The van der Waals surface area contributed by atoms with Gasteiger partial charge in [-0.05, 0) is 13.0 Å². The fourth-order valence-corrected chi connectivity index (χ4v) is 2.13. The van der Waals surface area contributed by atoms with Gasteiger partial charge in [-0.2, -0.15) is 10.1 Å². The zero-order valence-corrected chi connectivity index (χ0v) is 11.0. The Morgan fingerprint density at radius 1 is 0.900 bits per heavy atom. The number of aryl methyl sites for hydroxylation is 1. The van der Waals surface area contributed by atoms with Crippen LogP contribution in [-0.4, -0.2) is 15.2 Å². The molecule has 3 rings (SSSR count). The predicted octanol–water partition coefficient (Wildman–Crippen LogP) is 2.81. The van der Waals surface area contributed by atoms with E-state index < -0.39 is 5.69 Å². The normalized spacial score (nSPS) is 10.4. The van der Waals surface area contributed by atoms with Crippen LogP contribution in [0.1, 0.15) is 5.56 Å². The molecule has 20 heavy (non-hydrogen) atoms. The second kappa shape index (κ2) is 5.09. The van der Waals surface area contributed by atoms with E-state index in [1.54, 1.807) is 0 Å². The molecule has 1 aromatic heterocycles. The molecule has 0 aliphatic heterocycles. The first-order valence-electron chi connectivity index (χ1n) is 6.33. The Morgan fingerprint density at radius 3 is 2.40 bits per heavy atom. The topological polar surface area (TPSA) is 58.6 Å². The van der Waals surface area contributed by atoms with Gasteiger partial charge in [0, 0.05) is 11.1 Å². The van der Waals surface area contributed by atoms with Crippen LogP contribution < -0.4 is 5.69 Å². The molecule has 3 aromatic rings.